The minimum absolute atomic E-state index is 0.00328. The maximum atomic E-state index is 13.2. The Bertz CT molecular complexity index is 455. The number of hydrogen-bond donors (Lipinski definition) is 2. The molecule has 0 spiro atoms. The summed E-state index contributed by atoms with van der Waals surface area (Å²) in [5, 5.41) is 4.23. The molecule has 0 aliphatic rings. The number of carbonyl (C=O) groups excluding carboxylic acids is 2. The molecule has 0 atom stereocenters. The van der Waals surface area contributed by atoms with Crippen molar-refractivity contribution in [3.63, 3.8) is 0 Å². The van der Waals surface area contributed by atoms with Crippen molar-refractivity contribution in [1.82, 2.24) is 10.6 Å². The number of rotatable bonds is 4. The zero-order chi connectivity index (χ0) is 13.5. The molecule has 0 radical (unpaired) electrons. The SMILES string of the molecule is O=C(CCCl)NC(=O)NCc1cc(F)ccc1F. The largest absolute Gasteiger partial charge is 0.334 e. The molecule has 7 heteroatoms. The number of amides is 3. The van der Waals surface area contributed by atoms with Crippen LogP contribution in [0, 0.1) is 11.6 Å². The highest BCUT2D eigenvalue weighted by Crippen LogP contribution is 2.08. The molecule has 0 fully saturated rings. The van der Waals surface area contributed by atoms with E-state index in [1.54, 1.807) is 0 Å². The first kappa shape index (κ1) is 14.4. The van der Waals surface area contributed by atoms with E-state index in [2.05, 4.69) is 5.32 Å². The average molecular weight is 277 g/mol. The van der Waals surface area contributed by atoms with Crippen molar-refractivity contribution in [2.24, 2.45) is 0 Å². The van der Waals surface area contributed by atoms with E-state index in [1.165, 1.54) is 0 Å². The number of imide groups is 1. The Hall–Kier alpha value is -1.69. The summed E-state index contributed by atoms with van der Waals surface area (Å²) in [6.45, 7) is -0.219. The molecule has 0 aliphatic heterocycles. The van der Waals surface area contributed by atoms with Crippen molar-refractivity contribution in [1.29, 1.82) is 0 Å². The van der Waals surface area contributed by atoms with E-state index in [1.807, 2.05) is 5.32 Å². The highest BCUT2D eigenvalue weighted by atomic mass is 35.5. The highest BCUT2D eigenvalue weighted by Gasteiger charge is 2.08. The summed E-state index contributed by atoms with van der Waals surface area (Å²) in [4.78, 5) is 22.2. The lowest BCUT2D eigenvalue weighted by molar-refractivity contribution is -0.119. The second kappa shape index (κ2) is 6.90. The van der Waals surface area contributed by atoms with Gasteiger partial charge in [0, 0.05) is 24.4 Å². The third-order valence-corrected chi connectivity index (χ3v) is 2.21. The van der Waals surface area contributed by atoms with Gasteiger partial charge in [-0.05, 0) is 18.2 Å². The molecule has 0 saturated carbocycles. The molecule has 0 unspecified atom stereocenters. The van der Waals surface area contributed by atoms with Crippen molar-refractivity contribution in [2.45, 2.75) is 13.0 Å². The van der Waals surface area contributed by atoms with Crippen molar-refractivity contribution >= 4 is 23.5 Å². The summed E-state index contributed by atoms with van der Waals surface area (Å²) in [6, 6.07) is 2.12. The van der Waals surface area contributed by atoms with Crippen LogP contribution in [0.3, 0.4) is 0 Å². The first-order chi connectivity index (χ1) is 8.52. The van der Waals surface area contributed by atoms with E-state index in [0.717, 1.165) is 18.2 Å². The minimum Gasteiger partial charge on any atom is -0.334 e. The summed E-state index contributed by atoms with van der Waals surface area (Å²) in [7, 11) is 0. The lowest BCUT2D eigenvalue weighted by Crippen LogP contribution is -2.39. The normalized spacial score (nSPS) is 9.94. The maximum Gasteiger partial charge on any atom is 0.321 e. The van der Waals surface area contributed by atoms with Crippen LogP contribution in [0.15, 0.2) is 18.2 Å². The molecule has 4 nitrogen and oxygen atoms in total. The zero-order valence-electron chi connectivity index (χ0n) is 9.30. The fourth-order valence-electron chi connectivity index (χ4n) is 1.17. The van der Waals surface area contributed by atoms with Crippen LogP contribution in [0.1, 0.15) is 12.0 Å². The van der Waals surface area contributed by atoms with E-state index < -0.39 is 23.6 Å². The van der Waals surface area contributed by atoms with Crippen LogP contribution in [-0.2, 0) is 11.3 Å². The Labute approximate surface area is 107 Å². The van der Waals surface area contributed by atoms with Gasteiger partial charge in [0.05, 0.1) is 0 Å². The number of carbonyl (C=O) groups is 2. The van der Waals surface area contributed by atoms with Crippen molar-refractivity contribution in [2.75, 3.05) is 5.88 Å². The maximum absolute atomic E-state index is 13.2. The summed E-state index contributed by atoms with van der Waals surface area (Å²) >= 11 is 5.31. The van der Waals surface area contributed by atoms with Gasteiger partial charge in [-0.1, -0.05) is 0 Å². The van der Waals surface area contributed by atoms with E-state index in [0.29, 0.717) is 0 Å². The summed E-state index contributed by atoms with van der Waals surface area (Å²) < 4.78 is 26.0. The van der Waals surface area contributed by atoms with Gasteiger partial charge in [0.1, 0.15) is 11.6 Å². The van der Waals surface area contributed by atoms with E-state index in [4.69, 9.17) is 11.6 Å². The monoisotopic (exact) mass is 276 g/mol. The summed E-state index contributed by atoms with van der Waals surface area (Å²) in [6.07, 6.45) is 0.00328. The number of halogens is 3. The molecule has 0 aliphatic carbocycles. The lowest BCUT2D eigenvalue weighted by Gasteiger charge is -2.07. The topological polar surface area (TPSA) is 58.2 Å². The predicted octanol–water partition coefficient (Wildman–Crippen LogP) is 1.92. The molecule has 3 amide bonds. The first-order valence-electron chi connectivity index (χ1n) is 5.10. The fraction of sp³-hybridized carbons (Fsp3) is 0.273. The van der Waals surface area contributed by atoms with E-state index >= 15 is 0 Å². The number of urea groups is 1. The standard InChI is InChI=1S/C11H11ClF2N2O2/c12-4-3-10(17)16-11(18)15-6-7-5-8(13)1-2-9(7)14/h1-2,5H,3-4,6H2,(H2,15,16,17,18). The van der Waals surface area contributed by atoms with Gasteiger partial charge >= 0.3 is 6.03 Å². The van der Waals surface area contributed by atoms with Crippen LogP contribution in [0.4, 0.5) is 13.6 Å². The smallest absolute Gasteiger partial charge is 0.321 e. The highest BCUT2D eigenvalue weighted by molar-refractivity contribution is 6.19. The molecule has 0 bridgehead atoms. The summed E-state index contributed by atoms with van der Waals surface area (Å²) in [5.41, 5.74) is -0.00468. The molecule has 1 rings (SSSR count). The molecular formula is C11H11ClF2N2O2. The van der Waals surface area contributed by atoms with Crippen LogP contribution in [-0.4, -0.2) is 17.8 Å². The molecule has 18 heavy (non-hydrogen) atoms. The number of hydrogen-bond acceptors (Lipinski definition) is 2. The number of nitrogens with one attached hydrogen (secondary N) is 2. The van der Waals surface area contributed by atoms with Crippen LogP contribution < -0.4 is 10.6 Å². The molecule has 98 valence electrons. The van der Waals surface area contributed by atoms with Crippen LogP contribution in [0.25, 0.3) is 0 Å². The van der Waals surface area contributed by atoms with Crippen LogP contribution in [0.2, 0.25) is 0 Å². The molecule has 0 aromatic heterocycles. The average Bonchev–Trinajstić information content (AvgIpc) is 2.30. The van der Waals surface area contributed by atoms with Gasteiger partial charge in [-0.15, -0.1) is 11.6 Å². The van der Waals surface area contributed by atoms with Gasteiger partial charge in [-0.2, -0.15) is 0 Å². The molecule has 0 saturated heterocycles. The van der Waals surface area contributed by atoms with Crippen LogP contribution >= 0.6 is 11.6 Å². The Morgan fingerprint density at radius 1 is 1.28 bits per heavy atom. The van der Waals surface area contributed by atoms with Crippen molar-refractivity contribution in [3.05, 3.63) is 35.4 Å². The van der Waals surface area contributed by atoms with Gasteiger partial charge in [0.15, 0.2) is 0 Å². The third kappa shape index (κ3) is 4.67. The van der Waals surface area contributed by atoms with Gasteiger partial charge in [-0.3, -0.25) is 10.1 Å². The molecular weight excluding hydrogens is 266 g/mol. The van der Waals surface area contributed by atoms with Gasteiger partial charge < -0.3 is 5.32 Å². The Morgan fingerprint density at radius 2 is 2.00 bits per heavy atom. The second-order valence-electron chi connectivity index (χ2n) is 3.41. The van der Waals surface area contributed by atoms with Crippen molar-refractivity contribution in [3.8, 4) is 0 Å². The summed E-state index contributed by atoms with van der Waals surface area (Å²) in [5.74, 6) is -1.68. The van der Waals surface area contributed by atoms with Crippen LogP contribution in [0.5, 0.6) is 0 Å². The molecule has 1 aromatic rings. The molecule has 0 heterocycles. The van der Waals surface area contributed by atoms with Crippen molar-refractivity contribution < 1.29 is 18.4 Å². The Morgan fingerprint density at radius 3 is 2.67 bits per heavy atom. The Balaban J connectivity index is 2.47. The number of alkyl halides is 1. The van der Waals surface area contributed by atoms with E-state index in [9.17, 15) is 18.4 Å². The predicted molar refractivity (Wildman–Crippen MR) is 62.1 cm³/mol. The fourth-order valence-corrected chi connectivity index (χ4v) is 1.35. The lowest BCUT2D eigenvalue weighted by atomic mass is 10.2. The Kier molecular flexibility index (Phi) is 5.51. The molecule has 1 aromatic carbocycles. The van der Waals surface area contributed by atoms with Gasteiger partial charge in [0.25, 0.3) is 0 Å². The zero-order valence-corrected chi connectivity index (χ0v) is 10.1. The molecule has 2 N–H and O–H groups in total. The minimum atomic E-state index is -0.784. The van der Waals surface area contributed by atoms with Gasteiger partial charge in [0.2, 0.25) is 5.91 Å². The second-order valence-corrected chi connectivity index (χ2v) is 3.78. The number of benzene rings is 1. The quantitative estimate of drug-likeness (QED) is 0.826. The van der Waals surface area contributed by atoms with E-state index in [-0.39, 0.29) is 24.4 Å². The van der Waals surface area contributed by atoms with Gasteiger partial charge in [-0.25, -0.2) is 13.6 Å². The third-order valence-electron chi connectivity index (χ3n) is 2.02. The first-order valence-corrected chi connectivity index (χ1v) is 5.64.